The molecule has 0 aromatic carbocycles. The van der Waals surface area contributed by atoms with E-state index >= 15 is 0 Å². The summed E-state index contributed by atoms with van der Waals surface area (Å²) < 4.78 is 4.67. The van der Waals surface area contributed by atoms with Gasteiger partial charge in [-0.25, -0.2) is 0 Å². The molecule has 0 amide bonds. The normalized spacial score (nSPS) is 28.0. The summed E-state index contributed by atoms with van der Waals surface area (Å²) in [6.07, 6.45) is 4.44. The van der Waals surface area contributed by atoms with Crippen LogP contribution in [-0.4, -0.2) is 49.2 Å². The second-order valence-corrected chi connectivity index (χ2v) is 5.06. The van der Waals surface area contributed by atoms with Crippen molar-refractivity contribution >= 4 is 5.97 Å². The van der Waals surface area contributed by atoms with Gasteiger partial charge in [-0.15, -0.1) is 0 Å². The van der Waals surface area contributed by atoms with Crippen molar-refractivity contribution in [3.05, 3.63) is 0 Å². The summed E-state index contributed by atoms with van der Waals surface area (Å²) in [7, 11) is 1.44. The lowest BCUT2D eigenvalue weighted by atomic mass is 10.2. The van der Waals surface area contributed by atoms with Crippen LogP contribution < -0.4 is 5.32 Å². The number of rotatable bonds is 5. The Labute approximate surface area is 97.3 Å². The summed E-state index contributed by atoms with van der Waals surface area (Å²) in [6, 6.07) is 1.64. The van der Waals surface area contributed by atoms with E-state index in [1.165, 1.54) is 32.9 Å². The number of nitrogens with zero attached hydrogens (tertiary/aromatic N) is 1. The van der Waals surface area contributed by atoms with Crippen LogP contribution >= 0.6 is 0 Å². The highest BCUT2D eigenvalue weighted by Crippen LogP contribution is 2.29. The van der Waals surface area contributed by atoms with Gasteiger partial charge in [0, 0.05) is 31.2 Å². The van der Waals surface area contributed by atoms with Gasteiger partial charge in [0.25, 0.3) is 0 Å². The van der Waals surface area contributed by atoms with E-state index in [4.69, 9.17) is 0 Å². The van der Waals surface area contributed by atoms with E-state index in [2.05, 4.69) is 21.9 Å². The Balaban J connectivity index is 1.67. The summed E-state index contributed by atoms with van der Waals surface area (Å²) in [5.41, 5.74) is 0. The highest BCUT2D eigenvalue weighted by molar-refractivity contribution is 5.69. The smallest absolute Gasteiger partial charge is 0.307 e. The van der Waals surface area contributed by atoms with Crippen molar-refractivity contribution in [3.8, 4) is 0 Å². The molecule has 0 aromatic rings. The Bertz CT molecular complexity index is 253. The third-order valence-corrected chi connectivity index (χ3v) is 3.50. The predicted molar refractivity (Wildman–Crippen MR) is 62.2 cm³/mol. The number of nitrogens with one attached hydrogen (secondary N) is 1. The third kappa shape index (κ3) is 3.19. The fourth-order valence-electron chi connectivity index (χ4n) is 2.49. The first-order chi connectivity index (χ1) is 7.69. The fourth-order valence-corrected chi connectivity index (χ4v) is 2.49. The molecule has 0 aromatic heterocycles. The van der Waals surface area contributed by atoms with Crippen molar-refractivity contribution < 1.29 is 9.53 Å². The fraction of sp³-hybridized carbons (Fsp3) is 0.917. The van der Waals surface area contributed by atoms with Crippen molar-refractivity contribution in [1.29, 1.82) is 0 Å². The molecule has 0 spiro atoms. The molecule has 4 nitrogen and oxygen atoms in total. The van der Waals surface area contributed by atoms with Crippen LogP contribution in [0.15, 0.2) is 0 Å². The monoisotopic (exact) mass is 226 g/mol. The number of carbonyl (C=O) groups excluding carboxylic acids is 1. The van der Waals surface area contributed by atoms with Gasteiger partial charge in [-0.1, -0.05) is 0 Å². The molecule has 2 aliphatic rings. The number of ether oxygens (including phenoxy) is 1. The van der Waals surface area contributed by atoms with Crippen LogP contribution in [0.4, 0.5) is 0 Å². The zero-order chi connectivity index (χ0) is 11.5. The quantitative estimate of drug-likeness (QED) is 0.703. The van der Waals surface area contributed by atoms with Gasteiger partial charge in [0.1, 0.15) is 0 Å². The standard InChI is InChI=1S/C12H22N2O2/c1-9(7-12(15)16-2)13-10-5-6-14(8-10)11-3-4-11/h9-11,13H,3-8H2,1-2H3. The van der Waals surface area contributed by atoms with Crippen LogP contribution in [0.1, 0.15) is 32.6 Å². The van der Waals surface area contributed by atoms with Crippen LogP contribution in [0, 0.1) is 0 Å². The highest BCUT2D eigenvalue weighted by atomic mass is 16.5. The van der Waals surface area contributed by atoms with Crippen molar-refractivity contribution in [2.45, 2.75) is 50.7 Å². The highest BCUT2D eigenvalue weighted by Gasteiger charge is 2.34. The van der Waals surface area contributed by atoms with E-state index in [-0.39, 0.29) is 12.0 Å². The predicted octanol–water partition coefficient (Wildman–Crippen LogP) is 0.764. The first kappa shape index (κ1) is 11.9. The number of likely N-dealkylation sites (tertiary alicyclic amines) is 1. The molecule has 1 aliphatic carbocycles. The van der Waals surface area contributed by atoms with Crippen molar-refractivity contribution in [2.75, 3.05) is 20.2 Å². The summed E-state index contributed by atoms with van der Waals surface area (Å²) >= 11 is 0. The number of carbonyl (C=O) groups is 1. The minimum Gasteiger partial charge on any atom is -0.469 e. The number of methoxy groups -OCH3 is 1. The molecule has 1 saturated carbocycles. The largest absolute Gasteiger partial charge is 0.469 e. The molecule has 92 valence electrons. The summed E-state index contributed by atoms with van der Waals surface area (Å²) in [5, 5.41) is 3.51. The zero-order valence-corrected chi connectivity index (χ0v) is 10.2. The topological polar surface area (TPSA) is 41.6 Å². The molecule has 0 bridgehead atoms. The molecule has 2 unspecified atom stereocenters. The Morgan fingerprint density at radius 1 is 1.50 bits per heavy atom. The maximum atomic E-state index is 11.1. The number of hydrogen-bond donors (Lipinski definition) is 1. The van der Waals surface area contributed by atoms with Gasteiger partial charge in [-0.3, -0.25) is 9.69 Å². The van der Waals surface area contributed by atoms with Crippen molar-refractivity contribution in [2.24, 2.45) is 0 Å². The third-order valence-electron chi connectivity index (χ3n) is 3.50. The van der Waals surface area contributed by atoms with Crippen molar-refractivity contribution in [1.82, 2.24) is 10.2 Å². The molecule has 1 aliphatic heterocycles. The number of hydrogen-bond acceptors (Lipinski definition) is 4. The van der Waals surface area contributed by atoms with Crippen LogP contribution in [0.5, 0.6) is 0 Å². The van der Waals surface area contributed by atoms with Crippen molar-refractivity contribution in [3.63, 3.8) is 0 Å². The van der Waals surface area contributed by atoms with Crippen LogP contribution in [0.25, 0.3) is 0 Å². The first-order valence-electron chi connectivity index (χ1n) is 6.26. The molecule has 4 heteroatoms. The Morgan fingerprint density at radius 2 is 2.25 bits per heavy atom. The summed E-state index contributed by atoms with van der Waals surface area (Å²) in [4.78, 5) is 13.7. The second-order valence-electron chi connectivity index (χ2n) is 5.06. The molecular weight excluding hydrogens is 204 g/mol. The van der Waals surface area contributed by atoms with Gasteiger partial charge in [0.05, 0.1) is 13.5 Å². The van der Waals surface area contributed by atoms with Crippen LogP contribution in [0.2, 0.25) is 0 Å². The van der Waals surface area contributed by atoms with E-state index in [1.807, 2.05) is 0 Å². The first-order valence-corrected chi connectivity index (χ1v) is 6.26. The minimum absolute atomic E-state index is 0.128. The van der Waals surface area contributed by atoms with Gasteiger partial charge in [-0.05, 0) is 26.2 Å². The Hall–Kier alpha value is -0.610. The SMILES string of the molecule is COC(=O)CC(C)NC1CCN(C2CC2)C1. The van der Waals surface area contributed by atoms with E-state index < -0.39 is 0 Å². The molecule has 0 radical (unpaired) electrons. The van der Waals surface area contributed by atoms with E-state index in [1.54, 1.807) is 0 Å². The molecular formula is C12H22N2O2. The average molecular weight is 226 g/mol. The maximum absolute atomic E-state index is 11.1. The molecule has 1 N–H and O–H groups in total. The Kier molecular flexibility index (Phi) is 3.82. The maximum Gasteiger partial charge on any atom is 0.307 e. The molecule has 2 atom stereocenters. The summed E-state index contributed by atoms with van der Waals surface area (Å²) in [6.45, 7) is 4.42. The van der Waals surface area contributed by atoms with Crippen LogP contribution in [0.3, 0.4) is 0 Å². The lowest BCUT2D eigenvalue weighted by molar-refractivity contribution is -0.141. The van der Waals surface area contributed by atoms with E-state index in [9.17, 15) is 4.79 Å². The van der Waals surface area contributed by atoms with Gasteiger partial charge in [0.2, 0.25) is 0 Å². The van der Waals surface area contributed by atoms with Gasteiger partial charge in [-0.2, -0.15) is 0 Å². The van der Waals surface area contributed by atoms with Gasteiger partial charge in [0.15, 0.2) is 0 Å². The minimum atomic E-state index is -0.128. The van der Waals surface area contributed by atoms with E-state index in [0.717, 1.165) is 12.6 Å². The second kappa shape index (κ2) is 5.15. The summed E-state index contributed by atoms with van der Waals surface area (Å²) in [5.74, 6) is -0.128. The zero-order valence-electron chi connectivity index (χ0n) is 10.2. The average Bonchev–Trinajstić information content (AvgIpc) is 3.00. The molecule has 2 fully saturated rings. The van der Waals surface area contributed by atoms with Gasteiger partial charge >= 0.3 is 5.97 Å². The molecule has 16 heavy (non-hydrogen) atoms. The van der Waals surface area contributed by atoms with E-state index in [0.29, 0.717) is 12.5 Å². The molecule has 1 saturated heterocycles. The molecule has 1 heterocycles. The lowest BCUT2D eigenvalue weighted by Crippen LogP contribution is -2.40. The van der Waals surface area contributed by atoms with Crippen LogP contribution in [-0.2, 0) is 9.53 Å². The number of esters is 1. The lowest BCUT2D eigenvalue weighted by Gasteiger charge is -2.19. The Morgan fingerprint density at radius 3 is 2.88 bits per heavy atom. The van der Waals surface area contributed by atoms with Gasteiger partial charge < -0.3 is 10.1 Å². The molecule has 2 rings (SSSR count).